The molecule has 0 N–H and O–H groups in total. The number of hydrogen-bond donors (Lipinski definition) is 0. The molecule has 1 atom stereocenters. The van der Waals surface area contributed by atoms with Gasteiger partial charge in [-0.05, 0) is 42.9 Å². The van der Waals surface area contributed by atoms with Crippen LogP contribution in [0.4, 0.5) is 0 Å². The fraction of sp³-hybridized carbons (Fsp3) is 0.533. The van der Waals surface area contributed by atoms with Crippen LogP contribution in [0.2, 0.25) is 0 Å². The molecule has 0 radical (unpaired) electrons. The maximum Gasteiger partial charge on any atom is 0.313 e. The molecular weight excluding hydrogens is 212 g/mol. The van der Waals surface area contributed by atoms with Crippen LogP contribution in [0.3, 0.4) is 0 Å². The van der Waals surface area contributed by atoms with E-state index >= 15 is 0 Å². The summed E-state index contributed by atoms with van der Waals surface area (Å²) in [5, 5.41) is 0. The van der Waals surface area contributed by atoms with Crippen LogP contribution in [0.5, 0.6) is 0 Å². The SMILES string of the molecule is COC(=O)C(CC(C)C)c1ccc(C)c(C)c1. The van der Waals surface area contributed by atoms with E-state index in [0.717, 1.165) is 12.0 Å². The minimum absolute atomic E-state index is 0.137. The van der Waals surface area contributed by atoms with Crippen LogP contribution in [0.15, 0.2) is 18.2 Å². The first-order valence-electron chi connectivity index (χ1n) is 6.10. The van der Waals surface area contributed by atoms with Crippen molar-refractivity contribution in [3.8, 4) is 0 Å². The zero-order valence-corrected chi connectivity index (χ0v) is 11.4. The largest absolute Gasteiger partial charge is 0.469 e. The highest BCUT2D eigenvalue weighted by Crippen LogP contribution is 2.26. The minimum Gasteiger partial charge on any atom is -0.469 e. The van der Waals surface area contributed by atoms with Gasteiger partial charge in [-0.3, -0.25) is 4.79 Å². The van der Waals surface area contributed by atoms with Crippen LogP contribution in [-0.4, -0.2) is 13.1 Å². The first-order valence-corrected chi connectivity index (χ1v) is 6.10. The van der Waals surface area contributed by atoms with Gasteiger partial charge in [0.25, 0.3) is 0 Å². The predicted octanol–water partition coefficient (Wildman–Crippen LogP) is 3.61. The smallest absolute Gasteiger partial charge is 0.313 e. The van der Waals surface area contributed by atoms with Gasteiger partial charge in [-0.1, -0.05) is 32.0 Å². The number of ether oxygens (including phenoxy) is 1. The lowest BCUT2D eigenvalue weighted by Crippen LogP contribution is -2.16. The fourth-order valence-corrected chi connectivity index (χ4v) is 1.96. The summed E-state index contributed by atoms with van der Waals surface area (Å²) in [6.45, 7) is 8.39. The molecule has 0 spiro atoms. The summed E-state index contributed by atoms with van der Waals surface area (Å²) in [5.41, 5.74) is 3.54. The Balaban J connectivity index is 3.03. The molecule has 2 nitrogen and oxygen atoms in total. The normalized spacial score (nSPS) is 12.6. The molecule has 1 aromatic rings. The van der Waals surface area contributed by atoms with Crippen LogP contribution in [0, 0.1) is 19.8 Å². The average Bonchev–Trinajstić information content (AvgIpc) is 2.28. The van der Waals surface area contributed by atoms with E-state index in [1.54, 1.807) is 0 Å². The molecular formula is C15H22O2. The zero-order valence-electron chi connectivity index (χ0n) is 11.4. The van der Waals surface area contributed by atoms with Gasteiger partial charge in [0.1, 0.15) is 0 Å². The lowest BCUT2D eigenvalue weighted by Gasteiger charge is -2.18. The second-order valence-corrected chi connectivity index (χ2v) is 5.05. The number of carbonyl (C=O) groups excluding carboxylic acids is 1. The monoisotopic (exact) mass is 234 g/mol. The molecule has 94 valence electrons. The average molecular weight is 234 g/mol. The first kappa shape index (κ1) is 13.8. The van der Waals surface area contributed by atoms with Crippen molar-refractivity contribution >= 4 is 5.97 Å². The van der Waals surface area contributed by atoms with E-state index in [-0.39, 0.29) is 11.9 Å². The third-order valence-corrected chi connectivity index (χ3v) is 3.13. The van der Waals surface area contributed by atoms with Crippen molar-refractivity contribution in [2.24, 2.45) is 5.92 Å². The molecule has 0 aliphatic heterocycles. The Kier molecular flexibility index (Phi) is 4.73. The highest BCUT2D eigenvalue weighted by atomic mass is 16.5. The molecule has 0 saturated carbocycles. The molecule has 1 rings (SSSR count). The molecule has 0 fully saturated rings. The summed E-state index contributed by atoms with van der Waals surface area (Å²) in [5.74, 6) is 0.196. The molecule has 0 amide bonds. The number of aryl methyl sites for hydroxylation is 2. The highest BCUT2D eigenvalue weighted by Gasteiger charge is 2.22. The lowest BCUT2D eigenvalue weighted by atomic mass is 9.89. The Hall–Kier alpha value is -1.31. The van der Waals surface area contributed by atoms with Crippen molar-refractivity contribution in [3.63, 3.8) is 0 Å². The third kappa shape index (κ3) is 3.58. The Morgan fingerprint density at radius 2 is 1.88 bits per heavy atom. The van der Waals surface area contributed by atoms with Crippen LogP contribution in [0.1, 0.15) is 42.9 Å². The second-order valence-electron chi connectivity index (χ2n) is 5.05. The number of esters is 1. The number of carbonyl (C=O) groups is 1. The van der Waals surface area contributed by atoms with Gasteiger partial charge in [0.15, 0.2) is 0 Å². The highest BCUT2D eigenvalue weighted by molar-refractivity contribution is 5.78. The van der Waals surface area contributed by atoms with Gasteiger partial charge in [-0.15, -0.1) is 0 Å². The first-order chi connectivity index (χ1) is 7.95. The fourth-order valence-electron chi connectivity index (χ4n) is 1.96. The Morgan fingerprint density at radius 1 is 1.24 bits per heavy atom. The third-order valence-electron chi connectivity index (χ3n) is 3.13. The van der Waals surface area contributed by atoms with E-state index in [1.165, 1.54) is 18.2 Å². The molecule has 2 heteroatoms. The predicted molar refractivity (Wildman–Crippen MR) is 70.1 cm³/mol. The maximum absolute atomic E-state index is 11.8. The van der Waals surface area contributed by atoms with Crippen LogP contribution in [0.25, 0.3) is 0 Å². The van der Waals surface area contributed by atoms with E-state index < -0.39 is 0 Å². The van der Waals surface area contributed by atoms with E-state index in [4.69, 9.17) is 4.74 Å². The molecule has 0 saturated heterocycles. The van der Waals surface area contributed by atoms with Crippen molar-refractivity contribution in [2.75, 3.05) is 7.11 Å². The van der Waals surface area contributed by atoms with Gasteiger partial charge in [0.2, 0.25) is 0 Å². The molecule has 1 unspecified atom stereocenters. The number of rotatable bonds is 4. The Labute approximate surface area is 104 Å². The Morgan fingerprint density at radius 3 is 2.35 bits per heavy atom. The zero-order chi connectivity index (χ0) is 13.0. The summed E-state index contributed by atoms with van der Waals surface area (Å²) in [6, 6.07) is 6.20. The molecule has 17 heavy (non-hydrogen) atoms. The maximum atomic E-state index is 11.8. The quantitative estimate of drug-likeness (QED) is 0.744. The van der Waals surface area contributed by atoms with E-state index in [2.05, 4.69) is 39.8 Å². The van der Waals surface area contributed by atoms with Crippen molar-refractivity contribution < 1.29 is 9.53 Å². The summed E-state index contributed by atoms with van der Waals surface area (Å²) < 4.78 is 4.90. The molecule has 0 aliphatic carbocycles. The van der Waals surface area contributed by atoms with Crippen LogP contribution >= 0.6 is 0 Å². The summed E-state index contributed by atoms with van der Waals surface area (Å²) in [4.78, 5) is 11.8. The molecule has 0 bridgehead atoms. The number of hydrogen-bond acceptors (Lipinski definition) is 2. The van der Waals surface area contributed by atoms with Gasteiger partial charge in [-0.2, -0.15) is 0 Å². The molecule has 0 aromatic heterocycles. The summed E-state index contributed by atoms with van der Waals surface area (Å²) in [6.07, 6.45) is 0.829. The lowest BCUT2D eigenvalue weighted by molar-refractivity contribution is -0.142. The van der Waals surface area contributed by atoms with Gasteiger partial charge >= 0.3 is 5.97 Å². The van der Waals surface area contributed by atoms with Gasteiger partial charge in [0, 0.05) is 0 Å². The minimum atomic E-state index is -0.140. The Bertz CT molecular complexity index is 394. The van der Waals surface area contributed by atoms with E-state index in [1.807, 2.05) is 6.07 Å². The summed E-state index contributed by atoms with van der Waals surface area (Å²) in [7, 11) is 1.46. The van der Waals surface area contributed by atoms with Crippen LogP contribution in [-0.2, 0) is 9.53 Å². The van der Waals surface area contributed by atoms with Gasteiger partial charge < -0.3 is 4.74 Å². The van der Waals surface area contributed by atoms with Crippen molar-refractivity contribution in [1.82, 2.24) is 0 Å². The van der Waals surface area contributed by atoms with Crippen LogP contribution < -0.4 is 0 Å². The second kappa shape index (κ2) is 5.85. The summed E-state index contributed by atoms with van der Waals surface area (Å²) >= 11 is 0. The standard InChI is InChI=1S/C15H22O2/c1-10(2)8-14(15(16)17-5)13-7-6-11(3)12(4)9-13/h6-7,9-10,14H,8H2,1-5H3. The topological polar surface area (TPSA) is 26.3 Å². The van der Waals surface area contributed by atoms with Crippen molar-refractivity contribution in [1.29, 1.82) is 0 Å². The van der Waals surface area contributed by atoms with E-state index in [0.29, 0.717) is 5.92 Å². The van der Waals surface area contributed by atoms with Gasteiger partial charge in [-0.25, -0.2) is 0 Å². The molecule has 1 aromatic carbocycles. The van der Waals surface area contributed by atoms with Gasteiger partial charge in [0.05, 0.1) is 13.0 Å². The number of benzene rings is 1. The van der Waals surface area contributed by atoms with E-state index in [9.17, 15) is 4.79 Å². The molecule has 0 aliphatic rings. The number of methoxy groups -OCH3 is 1. The van der Waals surface area contributed by atoms with Crippen molar-refractivity contribution in [2.45, 2.75) is 40.0 Å². The van der Waals surface area contributed by atoms with Crippen molar-refractivity contribution in [3.05, 3.63) is 34.9 Å². The molecule has 0 heterocycles.